The van der Waals surface area contributed by atoms with Gasteiger partial charge in [-0.25, -0.2) is 0 Å². The average molecular weight is 261 g/mol. The Bertz CT molecular complexity index is 428. The van der Waals surface area contributed by atoms with Gasteiger partial charge in [-0.15, -0.1) is 0 Å². The Kier molecular flexibility index (Phi) is 4.16. The number of likely N-dealkylation sites (N-methyl/N-ethyl adjacent to an activating group) is 1. The van der Waals surface area contributed by atoms with Crippen LogP contribution in [0.3, 0.4) is 0 Å². The number of nitrogens with zero attached hydrogens (tertiary/aromatic N) is 2. The molecule has 1 aliphatic heterocycles. The van der Waals surface area contributed by atoms with Crippen molar-refractivity contribution in [2.75, 3.05) is 38.6 Å². The molecule has 1 atom stereocenters. The quantitative estimate of drug-likeness (QED) is 0.902. The molecule has 1 heterocycles. The first-order chi connectivity index (χ1) is 9.00. The summed E-state index contributed by atoms with van der Waals surface area (Å²) in [4.78, 5) is 4.80. The summed E-state index contributed by atoms with van der Waals surface area (Å²) in [6.07, 6.45) is 1.14. The normalized spacial score (nSPS) is 23.6. The fourth-order valence-electron chi connectivity index (χ4n) is 3.04. The summed E-state index contributed by atoms with van der Waals surface area (Å²) >= 11 is 0. The number of anilines is 1. The highest BCUT2D eigenvalue weighted by Crippen LogP contribution is 2.34. The fourth-order valence-corrected chi connectivity index (χ4v) is 3.04. The summed E-state index contributed by atoms with van der Waals surface area (Å²) in [5.41, 5.74) is 8.99. The van der Waals surface area contributed by atoms with Crippen molar-refractivity contribution in [2.24, 2.45) is 5.73 Å². The maximum Gasteiger partial charge on any atom is 0.0518 e. The van der Waals surface area contributed by atoms with Crippen LogP contribution in [0.25, 0.3) is 0 Å². The first kappa shape index (κ1) is 14.4. The summed E-state index contributed by atoms with van der Waals surface area (Å²) < 4.78 is 0. The summed E-state index contributed by atoms with van der Waals surface area (Å²) in [5.74, 6) is 0.559. The number of nitrogens with two attached hydrogens (primary N) is 1. The molecule has 2 rings (SSSR count). The molecule has 0 amide bonds. The third kappa shape index (κ3) is 2.63. The van der Waals surface area contributed by atoms with Crippen molar-refractivity contribution in [3.63, 3.8) is 0 Å². The molecule has 0 saturated carbocycles. The second-order valence-corrected chi connectivity index (χ2v) is 6.21. The molecule has 0 spiro atoms. The van der Waals surface area contributed by atoms with Crippen LogP contribution in [0.15, 0.2) is 24.3 Å². The molecular weight excluding hydrogens is 234 g/mol. The van der Waals surface area contributed by atoms with Crippen LogP contribution in [-0.2, 0) is 0 Å². The lowest BCUT2D eigenvalue weighted by Crippen LogP contribution is -2.52. The van der Waals surface area contributed by atoms with E-state index >= 15 is 0 Å². The lowest BCUT2D eigenvalue weighted by Gasteiger charge is -2.35. The molecule has 3 nitrogen and oxygen atoms in total. The van der Waals surface area contributed by atoms with Crippen LogP contribution >= 0.6 is 0 Å². The van der Waals surface area contributed by atoms with Gasteiger partial charge in [0.2, 0.25) is 0 Å². The molecule has 1 aromatic carbocycles. The van der Waals surface area contributed by atoms with Gasteiger partial charge in [0.1, 0.15) is 0 Å². The van der Waals surface area contributed by atoms with Gasteiger partial charge in [-0.3, -0.25) is 0 Å². The topological polar surface area (TPSA) is 32.5 Å². The van der Waals surface area contributed by atoms with E-state index in [1.807, 2.05) is 0 Å². The van der Waals surface area contributed by atoms with Gasteiger partial charge >= 0.3 is 0 Å². The first-order valence-corrected chi connectivity index (χ1v) is 7.21. The third-order valence-corrected chi connectivity index (χ3v) is 4.56. The van der Waals surface area contributed by atoms with Crippen LogP contribution in [0.2, 0.25) is 0 Å². The largest absolute Gasteiger partial charge is 0.369 e. The van der Waals surface area contributed by atoms with Gasteiger partial charge < -0.3 is 15.5 Å². The van der Waals surface area contributed by atoms with Crippen LogP contribution in [0.1, 0.15) is 31.7 Å². The Balaban J connectivity index is 2.26. The Morgan fingerprint density at radius 1 is 1.32 bits per heavy atom. The summed E-state index contributed by atoms with van der Waals surface area (Å²) in [6.45, 7) is 7.37. The van der Waals surface area contributed by atoms with Crippen molar-refractivity contribution in [3.8, 4) is 0 Å². The van der Waals surface area contributed by atoms with E-state index in [0.29, 0.717) is 5.92 Å². The van der Waals surface area contributed by atoms with E-state index in [1.54, 1.807) is 0 Å². The number of hydrogen-bond donors (Lipinski definition) is 1. The van der Waals surface area contributed by atoms with Crippen molar-refractivity contribution in [3.05, 3.63) is 29.8 Å². The summed E-state index contributed by atoms with van der Waals surface area (Å²) in [5, 5.41) is 0. The predicted octanol–water partition coefficient (Wildman–Crippen LogP) is 2.28. The van der Waals surface area contributed by atoms with Gasteiger partial charge in [-0.05, 0) is 38.1 Å². The minimum Gasteiger partial charge on any atom is -0.369 e. The minimum atomic E-state index is 0.129. The van der Waals surface area contributed by atoms with Gasteiger partial charge in [-0.2, -0.15) is 0 Å². The molecule has 3 heteroatoms. The molecule has 0 aliphatic carbocycles. The van der Waals surface area contributed by atoms with Crippen molar-refractivity contribution in [2.45, 2.75) is 31.7 Å². The highest BCUT2D eigenvalue weighted by molar-refractivity contribution is 5.56. The van der Waals surface area contributed by atoms with Gasteiger partial charge in [0.05, 0.1) is 5.54 Å². The molecule has 1 aromatic rings. The van der Waals surface area contributed by atoms with Crippen molar-refractivity contribution in [1.29, 1.82) is 0 Å². The van der Waals surface area contributed by atoms with Crippen LogP contribution < -0.4 is 10.6 Å². The van der Waals surface area contributed by atoms with E-state index in [9.17, 15) is 0 Å². The van der Waals surface area contributed by atoms with Crippen LogP contribution in [0.5, 0.6) is 0 Å². The molecular formula is C16H27N3. The van der Waals surface area contributed by atoms with Gasteiger partial charge in [-0.1, -0.05) is 32.0 Å². The van der Waals surface area contributed by atoms with Crippen LogP contribution in [0.4, 0.5) is 5.69 Å². The predicted molar refractivity (Wildman–Crippen MR) is 82.8 cm³/mol. The van der Waals surface area contributed by atoms with Crippen molar-refractivity contribution in [1.82, 2.24) is 4.90 Å². The van der Waals surface area contributed by atoms with E-state index in [-0.39, 0.29) is 5.54 Å². The number of para-hydroxylation sites is 1. The van der Waals surface area contributed by atoms with Gasteiger partial charge in [0.25, 0.3) is 0 Å². The van der Waals surface area contributed by atoms with Gasteiger partial charge in [0.15, 0.2) is 0 Å². The van der Waals surface area contributed by atoms with Crippen molar-refractivity contribution >= 4 is 5.69 Å². The Labute approximate surface area is 117 Å². The molecule has 0 aromatic heterocycles. The summed E-state index contributed by atoms with van der Waals surface area (Å²) in [6, 6.07) is 8.77. The van der Waals surface area contributed by atoms with Gasteiger partial charge in [0, 0.05) is 25.3 Å². The molecule has 1 unspecified atom stereocenters. The molecule has 0 bridgehead atoms. The van der Waals surface area contributed by atoms with E-state index < -0.39 is 0 Å². The maximum absolute atomic E-state index is 6.04. The van der Waals surface area contributed by atoms with E-state index in [2.05, 4.69) is 62.0 Å². The molecule has 1 fully saturated rings. The monoisotopic (exact) mass is 261 g/mol. The fraction of sp³-hybridized carbons (Fsp3) is 0.625. The Morgan fingerprint density at radius 3 is 2.53 bits per heavy atom. The number of hydrogen-bond acceptors (Lipinski definition) is 3. The zero-order valence-electron chi connectivity index (χ0n) is 12.7. The molecule has 1 saturated heterocycles. The number of benzene rings is 1. The molecule has 19 heavy (non-hydrogen) atoms. The Morgan fingerprint density at radius 2 is 2.00 bits per heavy atom. The van der Waals surface area contributed by atoms with Crippen LogP contribution in [0, 0.1) is 0 Å². The Hall–Kier alpha value is -1.06. The van der Waals surface area contributed by atoms with Crippen LogP contribution in [-0.4, -0.2) is 44.2 Å². The standard InChI is InChI=1S/C16H27N3/c1-13(2)14-7-5-6-8-15(14)19-10-9-16(11-17,12-19)18(3)4/h5-8,13H,9-12,17H2,1-4H3. The summed E-state index contributed by atoms with van der Waals surface area (Å²) in [7, 11) is 4.29. The van der Waals surface area contributed by atoms with E-state index in [4.69, 9.17) is 5.73 Å². The lowest BCUT2D eigenvalue weighted by molar-refractivity contribution is 0.184. The van der Waals surface area contributed by atoms with E-state index in [1.165, 1.54) is 11.3 Å². The molecule has 2 N–H and O–H groups in total. The molecule has 106 valence electrons. The second kappa shape index (κ2) is 5.51. The molecule has 0 radical (unpaired) electrons. The zero-order chi connectivity index (χ0) is 14.0. The minimum absolute atomic E-state index is 0.129. The smallest absolute Gasteiger partial charge is 0.0518 e. The average Bonchev–Trinajstić information content (AvgIpc) is 2.84. The molecule has 1 aliphatic rings. The SMILES string of the molecule is CC(C)c1ccccc1N1CCC(CN)(N(C)C)C1. The maximum atomic E-state index is 6.04. The second-order valence-electron chi connectivity index (χ2n) is 6.21. The highest BCUT2D eigenvalue weighted by Gasteiger charge is 2.39. The third-order valence-electron chi connectivity index (χ3n) is 4.56. The first-order valence-electron chi connectivity index (χ1n) is 7.21. The highest BCUT2D eigenvalue weighted by atomic mass is 15.3. The lowest BCUT2D eigenvalue weighted by atomic mass is 9.97. The van der Waals surface area contributed by atoms with E-state index in [0.717, 1.165) is 26.1 Å². The van der Waals surface area contributed by atoms with Crippen molar-refractivity contribution < 1.29 is 0 Å². The number of rotatable bonds is 4. The zero-order valence-corrected chi connectivity index (χ0v) is 12.7.